The molecule has 9 heteroatoms. The molecule has 1 aromatic rings. The van der Waals surface area contributed by atoms with E-state index in [0.29, 0.717) is 0 Å². The number of hydrogen-bond acceptors (Lipinski definition) is 4. The van der Waals surface area contributed by atoms with E-state index in [1.807, 2.05) is 0 Å². The van der Waals surface area contributed by atoms with Gasteiger partial charge in [-0.25, -0.2) is 14.0 Å². The zero-order valence-electron chi connectivity index (χ0n) is 10.9. The second-order valence-corrected chi connectivity index (χ2v) is 4.75. The summed E-state index contributed by atoms with van der Waals surface area (Å²) in [6.45, 7) is 0. The summed E-state index contributed by atoms with van der Waals surface area (Å²) in [5.74, 6) is -2.65. The van der Waals surface area contributed by atoms with Crippen LogP contribution in [0.1, 0.15) is 6.42 Å². The number of amides is 2. The number of ether oxygens (including phenoxy) is 1. The summed E-state index contributed by atoms with van der Waals surface area (Å²) in [4.78, 5) is 33.6. The molecule has 0 aromatic heterocycles. The van der Waals surface area contributed by atoms with Gasteiger partial charge in [-0.15, -0.1) is 0 Å². The lowest BCUT2D eigenvalue weighted by Gasteiger charge is -2.14. The van der Waals surface area contributed by atoms with Crippen molar-refractivity contribution in [3.05, 3.63) is 28.5 Å². The quantitative estimate of drug-likeness (QED) is 0.691. The van der Waals surface area contributed by atoms with E-state index in [1.165, 1.54) is 12.1 Å². The number of anilines is 1. The van der Waals surface area contributed by atoms with Gasteiger partial charge in [-0.3, -0.25) is 4.79 Å². The number of benzene rings is 1. The van der Waals surface area contributed by atoms with Crippen molar-refractivity contribution < 1.29 is 28.6 Å². The van der Waals surface area contributed by atoms with Crippen molar-refractivity contribution in [1.82, 2.24) is 5.32 Å². The highest BCUT2D eigenvalue weighted by atomic mass is 79.9. The van der Waals surface area contributed by atoms with E-state index in [2.05, 4.69) is 31.3 Å². The summed E-state index contributed by atoms with van der Waals surface area (Å²) in [6.07, 6.45) is -0.508. The smallest absolute Gasteiger partial charge is 0.326 e. The number of urea groups is 1. The largest absolute Gasteiger partial charge is 0.480 e. The van der Waals surface area contributed by atoms with Crippen LogP contribution in [0.3, 0.4) is 0 Å². The fraction of sp³-hybridized carbons (Fsp3) is 0.250. The number of halogens is 2. The minimum Gasteiger partial charge on any atom is -0.480 e. The number of aliphatic carboxylic acids is 1. The van der Waals surface area contributed by atoms with Crippen molar-refractivity contribution in [2.45, 2.75) is 12.5 Å². The second-order valence-electron chi connectivity index (χ2n) is 3.90. The van der Waals surface area contributed by atoms with Crippen LogP contribution < -0.4 is 10.6 Å². The molecule has 0 unspecified atom stereocenters. The molecule has 0 aliphatic heterocycles. The van der Waals surface area contributed by atoms with Gasteiger partial charge in [0.1, 0.15) is 11.9 Å². The molecular formula is C12H12BrFN2O5. The number of carbonyl (C=O) groups is 3. The number of carboxylic acid groups (broad SMARTS) is 1. The van der Waals surface area contributed by atoms with E-state index < -0.39 is 36.2 Å². The lowest BCUT2D eigenvalue weighted by molar-refractivity contribution is -0.147. The Morgan fingerprint density at radius 2 is 2.10 bits per heavy atom. The molecule has 7 nitrogen and oxygen atoms in total. The molecule has 2 amide bonds. The van der Waals surface area contributed by atoms with E-state index in [-0.39, 0.29) is 10.2 Å². The molecule has 0 aliphatic carbocycles. The third-order valence-electron chi connectivity index (χ3n) is 2.38. The molecular weight excluding hydrogens is 351 g/mol. The standard InChI is InChI=1S/C12H12BrFN2O5/c1-21-10(17)5-9(11(18)19)16-12(20)15-6-2-3-8(14)7(13)4-6/h2-4,9H,5H2,1H3,(H,18,19)(H2,15,16,20)/t9-/m0/s1. The first-order valence-corrected chi connectivity index (χ1v) is 6.45. The molecule has 0 radical (unpaired) electrons. The molecule has 0 fully saturated rings. The van der Waals surface area contributed by atoms with Crippen LogP contribution in [0.2, 0.25) is 0 Å². The molecule has 0 saturated heterocycles. The first-order valence-electron chi connectivity index (χ1n) is 5.65. The summed E-state index contributed by atoms with van der Waals surface area (Å²) in [5, 5.41) is 13.3. The van der Waals surface area contributed by atoms with Gasteiger partial charge >= 0.3 is 18.0 Å². The fourth-order valence-electron chi connectivity index (χ4n) is 1.35. The van der Waals surface area contributed by atoms with Gasteiger partial charge in [0.15, 0.2) is 0 Å². The van der Waals surface area contributed by atoms with Gasteiger partial charge in [-0.05, 0) is 34.1 Å². The van der Waals surface area contributed by atoms with Crippen LogP contribution in [0.5, 0.6) is 0 Å². The number of rotatable bonds is 5. The molecule has 0 saturated carbocycles. The molecule has 1 aromatic carbocycles. The van der Waals surface area contributed by atoms with Gasteiger partial charge in [-0.2, -0.15) is 0 Å². The summed E-state index contributed by atoms with van der Waals surface area (Å²) < 4.78 is 17.5. The molecule has 3 N–H and O–H groups in total. The van der Waals surface area contributed by atoms with E-state index in [0.717, 1.165) is 13.2 Å². The Balaban J connectivity index is 2.67. The van der Waals surface area contributed by atoms with Crippen molar-refractivity contribution in [2.24, 2.45) is 0 Å². The van der Waals surface area contributed by atoms with Gasteiger partial charge in [0, 0.05) is 5.69 Å². The van der Waals surface area contributed by atoms with Crippen LogP contribution in [0.15, 0.2) is 22.7 Å². The maximum atomic E-state index is 13.0. The summed E-state index contributed by atoms with van der Waals surface area (Å²) in [7, 11) is 1.11. The van der Waals surface area contributed by atoms with Crippen molar-refractivity contribution in [1.29, 1.82) is 0 Å². The highest BCUT2D eigenvalue weighted by molar-refractivity contribution is 9.10. The van der Waals surface area contributed by atoms with E-state index in [9.17, 15) is 18.8 Å². The molecule has 0 aliphatic rings. The van der Waals surface area contributed by atoms with Crippen LogP contribution in [-0.4, -0.2) is 36.2 Å². The Bertz CT molecular complexity index is 567. The van der Waals surface area contributed by atoms with Crippen LogP contribution in [0.4, 0.5) is 14.9 Å². The minimum absolute atomic E-state index is 0.143. The van der Waals surface area contributed by atoms with Gasteiger partial charge < -0.3 is 20.5 Å². The number of esters is 1. The predicted octanol–water partition coefficient (Wildman–Crippen LogP) is 1.73. The van der Waals surface area contributed by atoms with Crippen molar-refractivity contribution in [2.75, 3.05) is 12.4 Å². The van der Waals surface area contributed by atoms with E-state index in [1.54, 1.807) is 0 Å². The number of nitrogens with one attached hydrogen (secondary N) is 2. The Hall–Kier alpha value is -2.16. The molecule has 0 bridgehead atoms. The average molecular weight is 363 g/mol. The van der Waals surface area contributed by atoms with E-state index in [4.69, 9.17) is 5.11 Å². The maximum Gasteiger partial charge on any atom is 0.326 e. The molecule has 0 spiro atoms. The van der Waals surface area contributed by atoms with Crippen molar-refractivity contribution in [3.63, 3.8) is 0 Å². The molecule has 21 heavy (non-hydrogen) atoms. The maximum absolute atomic E-state index is 13.0. The zero-order chi connectivity index (χ0) is 16.0. The summed E-state index contributed by atoms with van der Waals surface area (Å²) in [5.41, 5.74) is 0.253. The second kappa shape index (κ2) is 7.58. The number of methoxy groups -OCH3 is 1. The monoisotopic (exact) mass is 362 g/mol. The SMILES string of the molecule is COC(=O)C[C@H](NC(=O)Nc1ccc(F)c(Br)c1)C(=O)O. The topological polar surface area (TPSA) is 105 Å². The Morgan fingerprint density at radius 1 is 1.43 bits per heavy atom. The normalized spacial score (nSPS) is 11.4. The Labute approximate surface area is 127 Å². The van der Waals surface area contributed by atoms with Crippen molar-refractivity contribution in [3.8, 4) is 0 Å². The van der Waals surface area contributed by atoms with Crippen LogP contribution in [0, 0.1) is 5.82 Å². The van der Waals surface area contributed by atoms with Gasteiger partial charge in [0.05, 0.1) is 18.0 Å². The highest BCUT2D eigenvalue weighted by Crippen LogP contribution is 2.19. The zero-order valence-corrected chi connectivity index (χ0v) is 12.4. The molecule has 1 atom stereocenters. The number of carboxylic acids is 1. The summed E-state index contributed by atoms with van der Waals surface area (Å²) >= 11 is 2.95. The third kappa shape index (κ3) is 5.38. The third-order valence-corrected chi connectivity index (χ3v) is 2.99. The predicted molar refractivity (Wildman–Crippen MR) is 74.3 cm³/mol. The van der Waals surface area contributed by atoms with E-state index >= 15 is 0 Å². The lowest BCUT2D eigenvalue weighted by atomic mass is 10.2. The first-order chi connectivity index (χ1) is 9.83. The number of hydrogen-bond donors (Lipinski definition) is 3. The van der Waals surface area contributed by atoms with Gasteiger partial charge in [-0.1, -0.05) is 0 Å². The van der Waals surface area contributed by atoms with Crippen molar-refractivity contribution >= 4 is 39.6 Å². The fourth-order valence-corrected chi connectivity index (χ4v) is 1.73. The Morgan fingerprint density at radius 3 is 2.62 bits per heavy atom. The molecule has 1 rings (SSSR count). The van der Waals surface area contributed by atoms with Crippen LogP contribution >= 0.6 is 15.9 Å². The Kier molecular flexibility index (Phi) is 6.10. The minimum atomic E-state index is -1.43. The number of carbonyl (C=O) groups excluding carboxylic acids is 2. The van der Waals surface area contributed by atoms with Gasteiger partial charge in [0.2, 0.25) is 0 Å². The average Bonchev–Trinajstić information content (AvgIpc) is 2.41. The first kappa shape index (κ1) is 16.9. The molecule has 114 valence electrons. The van der Waals surface area contributed by atoms with Gasteiger partial charge in [0.25, 0.3) is 0 Å². The lowest BCUT2D eigenvalue weighted by Crippen LogP contribution is -2.44. The highest BCUT2D eigenvalue weighted by Gasteiger charge is 2.23. The van der Waals surface area contributed by atoms with Crippen LogP contribution in [-0.2, 0) is 14.3 Å². The molecule has 0 heterocycles. The summed E-state index contributed by atoms with van der Waals surface area (Å²) in [6, 6.07) is 1.47. The van der Waals surface area contributed by atoms with Crippen LogP contribution in [0.25, 0.3) is 0 Å².